The predicted molar refractivity (Wildman–Crippen MR) is 102 cm³/mol. The van der Waals surface area contributed by atoms with E-state index in [-0.39, 0.29) is 23.0 Å². The number of benzene rings is 1. The van der Waals surface area contributed by atoms with Gasteiger partial charge in [0.05, 0.1) is 43.3 Å². The van der Waals surface area contributed by atoms with Crippen LogP contribution in [-0.2, 0) is 14.8 Å². The summed E-state index contributed by atoms with van der Waals surface area (Å²) in [6, 6.07) is 6.19. The number of nitrogens with one attached hydrogen (secondary N) is 2. The molecule has 2 saturated heterocycles. The lowest BCUT2D eigenvalue weighted by Crippen LogP contribution is -3.10. The highest BCUT2D eigenvalue weighted by atomic mass is 32.2. The summed E-state index contributed by atoms with van der Waals surface area (Å²) in [7, 11) is -3.58. The fraction of sp³-hybridized carbons (Fsp3) is 0.632. The molecule has 3 rings (SSSR count). The quantitative estimate of drug-likeness (QED) is 0.703. The molecule has 0 aromatic heterocycles. The number of carbonyl (C=O) groups excluding carboxylic acids is 1. The normalized spacial score (nSPS) is 24.8. The zero-order valence-electron chi connectivity index (χ0n) is 16.1. The average molecular weight is 397 g/mol. The maximum absolute atomic E-state index is 12.8. The van der Waals surface area contributed by atoms with Crippen molar-refractivity contribution in [2.24, 2.45) is 0 Å². The lowest BCUT2D eigenvalue weighted by atomic mass is 10.2. The van der Waals surface area contributed by atoms with Crippen LogP contribution >= 0.6 is 0 Å². The van der Waals surface area contributed by atoms with Crippen molar-refractivity contribution < 1.29 is 22.8 Å². The summed E-state index contributed by atoms with van der Waals surface area (Å²) in [5.41, 5.74) is 0.481. The van der Waals surface area contributed by atoms with Crippen LogP contribution in [0.4, 0.5) is 0 Å². The molecule has 2 atom stereocenters. The van der Waals surface area contributed by atoms with Crippen LogP contribution in [0, 0.1) is 0 Å². The van der Waals surface area contributed by atoms with Gasteiger partial charge in [0.15, 0.2) is 0 Å². The van der Waals surface area contributed by atoms with Gasteiger partial charge in [0.1, 0.15) is 0 Å². The molecular weight excluding hydrogens is 366 g/mol. The molecule has 7 nitrogen and oxygen atoms in total. The van der Waals surface area contributed by atoms with E-state index in [1.54, 1.807) is 12.1 Å². The number of sulfonamides is 1. The fourth-order valence-electron chi connectivity index (χ4n) is 3.83. The van der Waals surface area contributed by atoms with Gasteiger partial charge in [0.2, 0.25) is 10.0 Å². The number of quaternary nitrogens is 1. The summed E-state index contributed by atoms with van der Waals surface area (Å²) in [4.78, 5) is 14.0. The first-order valence-electron chi connectivity index (χ1n) is 9.73. The Kier molecular flexibility index (Phi) is 6.52. The summed E-state index contributed by atoms with van der Waals surface area (Å²) < 4.78 is 32.8. The van der Waals surface area contributed by atoms with Crippen LogP contribution in [-0.4, -0.2) is 70.1 Å². The largest absolute Gasteiger partial charge is 0.373 e. The first-order valence-corrected chi connectivity index (χ1v) is 11.2. The van der Waals surface area contributed by atoms with Crippen LogP contribution in [0.15, 0.2) is 29.2 Å². The third kappa shape index (κ3) is 5.07. The first kappa shape index (κ1) is 20.3. The Morgan fingerprint density at radius 2 is 1.74 bits per heavy atom. The summed E-state index contributed by atoms with van der Waals surface area (Å²) in [6.07, 6.45) is 2.26. The number of nitrogens with zero attached hydrogens (tertiary/aromatic N) is 1. The van der Waals surface area contributed by atoms with E-state index in [0.29, 0.717) is 25.2 Å². The lowest BCUT2D eigenvalue weighted by Gasteiger charge is -2.34. The van der Waals surface area contributed by atoms with Gasteiger partial charge in [-0.2, -0.15) is 4.31 Å². The zero-order valence-corrected chi connectivity index (χ0v) is 16.9. The number of morpholine rings is 1. The minimum atomic E-state index is -3.58. The lowest BCUT2D eigenvalue weighted by molar-refractivity contribution is -0.886. The van der Waals surface area contributed by atoms with Crippen LogP contribution in [0.3, 0.4) is 0 Å². The Bertz CT molecular complexity index is 735. The minimum Gasteiger partial charge on any atom is -0.373 e. The molecule has 2 aliphatic heterocycles. The van der Waals surface area contributed by atoms with Crippen molar-refractivity contribution in [2.75, 3.05) is 39.3 Å². The van der Waals surface area contributed by atoms with E-state index in [1.807, 2.05) is 13.8 Å². The molecule has 0 bridgehead atoms. The number of rotatable bonds is 6. The van der Waals surface area contributed by atoms with Gasteiger partial charge in [-0.1, -0.05) is 0 Å². The van der Waals surface area contributed by atoms with Crippen molar-refractivity contribution in [3.63, 3.8) is 0 Å². The molecule has 27 heavy (non-hydrogen) atoms. The fourth-order valence-corrected chi connectivity index (χ4v) is 5.42. The first-order chi connectivity index (χ1) is 12.9. The standard InChI is InChI=1S/C19H29N3O4S/c1-15-13-22(14-16(2)26-15)27(24,25)18-7-5-17(6-8-18)19(23)20-9-12-21-10-3-4-11-21/h5-8,15-16H,3-4,9-14H2,1-2H3,(H,20,23)/p+1/t15-,16-/m1/s1. The van der Waals surface area contributed by atoms with E-state index >= 15 is 0 Å². The van der Waals surface area contributed by atoms with Crippen LogP contribution in [0.2, 0.25) is 0 Å². The molecule has 2 aliphatic rings. The minimum absolute atomic E-state index is 0.133. The SMILES string of the molecule is C[C@@H]1CN(S(=O)(=O)c2ccc(C(=O)NCC[NH+]3CCCC3)cc2)C[C@@H](C)O1. The highest BCUT2D eigenvalue weighted by Crippen LogP contribution is 2.21. The van der Waals surface area contributed by atoms with Gasteiger partial charge in [-0.3, -0.25) is 4.79 Å². The molecule has 2 fully saturated rings. The molecule has 1 aromatic carbocycles. The van der Waals surface area contributed by atoms with E-state index in [9.17, 15) is 13.2 Å². The molecular formula is C19H30N3O4S+. The molecule has 1 amide bonds. The van der Waals surface area contributed by atoms with E-state index in [4.69, 9.17) is 4.74 Å². The maximum atomic E-state index is 12.8. The van der Waals surface area contributed by atoms with Crippen LogP contribution in [0.5, 0.6) is 0 Å². The van der Waals surface area contributed by atoms with Crippen molar-refractivity contribution in [2.45, 2.75) is 43.8 Å². The Hall–Kier alpha value is -1.48. The van der Waals surface area contributed by atoms with E-state index < -0.39 is 10.0 Å². The molecule has 150 valence electrons. The van der Waals surface area contributed by atoms with Crippen molar-refractivity contribution in [1.82, 2.24) is 9.62 Å². The van der Waals surface area contributed by atoms with Crippen LogP contribution in [0.25, 0.3) is 0 Å². The van der Waals surface area contributed by atoms with Crippen molar-refractivity contribution >= 4 is 15.9 Å². The number of hydrogen-bond donors (Lipinski definition) is 2. The zero-order chi connectivity index (χ0) is 19.4. The number of ether oxygens (including phenoxy) is 1. The highest BCUT2D eigenvalue weighted by Gasteiger charge is 2.32. The third-order valence-corrected chi connectivity index (χ3v) is 7.06. The van der Waals surface area contributed by atoms with Gasteiger partial charge in [0, 0.05) is 31.5 Å². The van der Waals surface area contributed by atoms with Gasteiger partial charge in [-0.15, -0.1) is 0 Å². The monoisotopic (exact) mass is 396 g/mol. The molecule has 0 spiro atoms. The summed E-state index contributed by atoms with van der Waals surface area (Å²) in [6.45, 7) is 8.36. The Morgan fingerprint density at radius 3 is 2.33 bits per heavy atom. The topological polar surface area (TPSA) is 80.2 Å². The average Bonchev–Trinajstić information content (AvgIpc) is 3.14. The van der Waals surface area contributed by atoms with Crippen LogP contribution < -0.4 is 10.2 Å². The Labute approximate surface area is 161 Å². The van der Waals surface area contributed by atoms with Crippen LogP contribution in [0.1, 0.15) is 37.0 Å². The van der Waals surface area contributed by atoms with E-state index in [1.165, 1.54) is 47.3 Å². The summed E-state index contributed by atoms with van der Waals surface area (Å²) in [5.74, 6) is -0.161. The second-order valence-electron chi connectivity index (χ2n) is 7.57. The summed E-state index contributed by atoms with van der Waals surface area (Å²) >= 11 is 0. The molecule has 0 aliphatic carbocycles. The van der Waals surface area contributed by atoms with Crippen molar-refractivity contribution in [1.29, 1.82) is 0 Å². The third-order valence-electron chi connectivity index (χ3n) is 5.22. The Balaban J connectivity index is 1.59. The number of carbonyl (C=O) groups is 1. The maximum Gasteiger partial charge on any atom is 0.251 e. The highest BCUT2D eigenvalue weighted by molar-refractivity contribution is 7.89. The van der Waals surface area contributed by atoms with Gasteiger partial charge < -0.3 is 15.0 Å². The smallest absolute Gasteiger partial charge is 0.251 e. The van der Waals surface area contributed by atoms with E-state index in [2.05, 4.69) is 5.32 Å². The van der Waals surface area contributed by atoms with Crippen molar-refractivity contribution in [3.8, 4) is 0 Å². The van der Waals surface area contributed by atoms with Gasteiger partial charge >= 0.3 is 0 Å². The predicted octanol–water partition coefficient (Wildman–Crippen LogP) is -0.107. The number of hydrogen-bond acceptors (Lipinski definition) is 4. The molecule has 8 heteroatoms. The van der Waals surface area contributed by atoms with Gasteiger partial charge in [-0.25, -0.2) is 8.42 Å². The molecule has 0 unspecified atom stereocenters. The van der Waals surface area contributed by atoms with E-state index in [0.717, 1.165) is 6.54 Å². The number of amides is 1. The molecule has 1 aromatic rings. The molecule has 0 radical (unpaired) electrons. The Morgan fingerprint density at radius 1 is 1.15 bits per heavy atom. The van der Waals surface area contributed by atoms with Gasteiger partial charge in [-0.05, 0) is 38.1 Å². The van der Waals surface area contributed by atoms with Gasteiger partial charge in [0.25, 0.3) is 5.91 Å². The second-order valence-corrected chi connectivity index (χ2v) is 9.50. The van der Waals surface area contributed by atoms with Crippen molar-refractivity contribution in [3.05, 3.63) is 29.8 Å². The molecule has 2 N–H and O–H groups in total. The second kappa shape index (κ2) is 8.68. The molecule has 2 heterocycles. The number of likely N-dealkylation sites (tertiary alicyclic amines) is 1. The molecule has 0 saturated carbocycles. The summed E-state index contributed by atoms with van der Waals surface area (Å²) in [5, 5.41) is 2.92.